The van der Waals surface area contributed by atoms with Crippen LogP contribution in [-0.4, -0.2) is 19.1 Å². The van der Waals surface area contributed by atoms with E-state index in [0.717, 1.165) is 13.1 Å². The van der Waals surface area contributed by atoms with E-state index >= 15 is 0 Å². The lowest BCUT2D eigenvalue weighted by atomic mass is 10.3. The Morgan fingerprint density at radius 1 is 1.75 bits per heavy atom. The minimum Gasteiger partial charge on any atom is -0.309 e. The van der Waals surface area contributed by atoms with Crippen LogP contribution in [0.5, 0.6) is 0 Å². The zero-order valence-electron chi connectivity index (χ0n) is 4.52. The van der Waals surface area contributed by atoms with E-state index in [0.29, 0.717) is 0 Å². The molecule has 0 aromatic carbocycles. The summed E-state index contributed by atoms with van der Waals surface area (Å²) in [5.41, 5.74) is 0. The summed E-state index contributed by atoms with van der Waals surface area (Å²) in [7, 11) is 0. The molecule has 1 rings (SSSR count). The number of hydrogen-bond acceptors (Lipinski definition) is 3. The van der Waals surface area contributed by atoms with Crippen molar-refractivity contribution in [2.45, 2.75) is 6.04 Å². The van der Waals surface area contributed by atoms with Gasteiger partial charge in [0.15, 0.2) is 0 Å². The molecule has 1 aliphatic heterocycles. The van der Waals surface area contributed by atoms with Crippen LogP contribution < -0.4 is 10.6 Å². The maximum atomic E-state index is 8.32. The fraction of sp³-hybridized carbons (Fsp3) is 0.600. The molecule has 1 atom stereocenters. The Balaban J connectivity index is 2.25. The summed E-state index contributed by atoms with van der Waals surface area (Å²) in [6.45, 7) is 3.43. The molecule has 0 spiro atoms. The minimum atomic E-state index is -0.000000000000000444. The molecular weight excluding hydrogens is 102 g/mol. The minimum absolute atomic E-state index is 0.000000000000000444. The van der Waals surface area contributed by atoms with Crippen molar-refractivity contribution in [1.29, 1.82) is 5.26 Å². The summed E-state index contributed by atoms with van der Waals surface area (Å²) < 4.78 is 0. The van der Waals surface area contributed by atoms with Crippen molar-refractivity contribution >= 4 is 0 Å². The Morgan fingerprint density at radius 2 is 2.62 bits per heavy atom. The van der Waals surface area contributed by atoms with Gasteiger partial charge in [-0.1, -0.05) is 0 Å². The van der Waals surface area contributed by atoms with E-state index in [1.54, 1.807) is 0 Å². The molecule has 1 unspecified atom stereocenters. The van der Waals surface area contributed by atoms with Crippen LogP contribution in [0.4, 0.5) is 0 Å². The quantitative estimate of drug-likeness (QED) is 0.430. The third-order valence-electron chi connectivity index (χ3n) is 1.09. The lowest BCUT2D eigenvalue weighted by molar-refractivity contribution is 0.524. The first-order valence-corrected chi connectivity index (χ1v) is 2.61. The molecule has 0 bridgehead atoms. The van der Waals surface area contributed by atoms with Gasteiger partial charge in [-0.3, -0.25) is 5.32 Å². The lowest BCUT2D eigenvalue weighted by Crippen LogP contribution is -2.44. The SMILES string of the molecule is N#CC1CN[CH]CN1. The number of rotatable bonds is 0. The van der Waals surface area contributed by atoms with Gasteiger partial charge in [0, 0.05) is 19.6 Å². The van der Waals surface area contributed by atoms with Gasteiger partial charge in [0.25, 0.3) is 0 Å². The van der Waals surface area contributed by atoms with Crippen molar-refractivity contribution in [3.63, 3.8) is 0 Å². The molecule has 43 valence electrons. The molecule has 8 heavy (non-hydrogen) atoms. The summed E-state index contributed by atoms with van der Waals surface area (Å²) in [6, 6.07) is 2.11. The second-order valence-electron chi connectivity index (χ2n) is 1.70. The topological polar surface area (TPSA) is 47.9 Å². The van der Waals surface area contributed by atoms with Gasteiger partial charge < -0.3 is 5.32 Å². The van der Waals surface area contributed by atoms with Crippen molar-refractivity contribution in [3.05, 3.63) is 6.54 Å². The molecule has 0 aliphatic carbocycles. The summed E-state index contributed by atoms with van der Waals surface area (Å²) in [5.74, 6) is 0. The Bertz CT molecular complexity index is 98.7. The third-order valence-corrected chi connectivity index (χ3v) is 1.09. The predicted molar refractivity (Wildman–Crippen MR) is 29.7 cm³/mol. The van der Waals surface area contributed by atoms with Crippen molar-refractivity contribution in [2.24, 2.45) is 0 Å². The average Bonchev–Trinajstić information content (AvgIpc) is 1.90. The van der Waals surface area contributed by atoms with E-state index < -0.39 is 0 Å². The van der Waals surface area contributed by atoms with Crippen LogP contribution in [0.15, 0.2) is 0 Å². The predicted octanol–water partition coefficient (Wildman–Crippen LogP) is -0.767. The van der Waals surface area contributed by atoms with Crippen LogP contribution >= 0.6 is 0 Å². The Morgan fingerprint density at radius 3 is 3.00 bits per heavy atom. The largest absolute Gasteiger partial charge is 0.309 e. The van der Waals surface area contributed by atoms with Gasteiger partial charge in [0.2, 0.25) is 0 Å². The van der Waals surface area contributed by atoms with E-state index in [2.05, 4.69) is 16.7 Å². The molecule has 2 N–H and O–H groups in total. The highest BCUT2D eigenvalue weighted by Crippen LogP contribution is 1.84. The highest BCUT2D eigenvalue weighted by Gasteiger charge is 2.08. The zero-order chi connectivity index (χ0) is 5.82. The van der Waals surface area contributed by atoms with Gasteiger partial charge in [-0.25, -0.2) is 0 Å². The maximum Gasteiger partial charge on any atom is 0.108 e. The average molecular weight is 110 g/mol. The van der Waals surface area contributed by atoms with Crippen LogP contribution in [0.2, 0.25) is 0 Å². The van der Waals surface area contributed by atoms with Crippen LogP contribution in [-0.2, 0) is 0 Å². The van der Waals surface area contributed by atoms with Gasteiger partial charge in [0.05, 0.1) is 6.07 Å². The highest BCUT2D eigenvalue weighted by atomic mass is 15.0. The summed E-state index contributed by atoms with van der Waals surface area (Å²) in [6.07, 6.45) is 0. The Hall–Kier alpha value is -0.590. The molecule has 0 aromatic rings. The molecule has 1 heterocycles. The fourth-order valence-corrected chi connectivity index (χ4v) is 0.638. The van der Waals surface area contributed by atoms with E-state index in [9.17, 15) is 0 Å². The standard InChI is InChI=1S/C5H8N3/c6-3-5-4-7-1-2-8-5/h1,5,7-8H,2,4H2. The molecule has 3 nitrogen and oxygen atoms in total. The number of nitrogens with one attached hydrogen (secondary N) is 2. The maximum absolute atomic E-state index is 8.32. The van der Waals surface area contributed by atoms with Gasteiger partial charge >= 0.3 is 0 Å². The van der Waals surface area contributed by atoms with Crippen molar-refractivity contribution in [1.82, 2.24) is 10.6 Å². The summed E-state index contributed by atoms with van der Waals surface area (Å²) in [4.78, 5) is 0. The first kappa shape index (κ1) is 5.54. The van der Waals surface area contributed by atoms with Crippen LogP contribution in [0.3, 0.4) is 0 Å². The summed E-state index contributed by atoms with van der Waals surface area (Å²) in [5, 5.41) is 14.3. The molecule has 0 saturated carbocycles. The number of nitriles is 1. The second kappa shape index (κ2) is 2.65. The van der Waals surface area contributed by atoms with Gasteiger partial charge in [0.1, 0.15) is 6.04 Å². The number of piperazine rings is 1. The van der Waals surface area contributed by atoms with Crippen LogP contribution in [0.1, 0.15) is 0 Å². The first-order valence-electron chi connectivity index (χ1n) is 2.61. The van der Waals surface area contributed by atoms with Crippen LogP contribution in [0.25, 0.3) is 0 Å². The monoisotopic (exact) mass is 110 g/mol. The van der Waals surface area contributed by atoms with Gasteiger partial charge in [-0.2, -0.15) is 5.26 Å². The Labute approximate surface area is 48.7 Å². The zero-order valence-corrected chi connectivity index (χ0v) is 4.52. The van der Waals surface area contributed by atoms with Crippen molar-refractivity contribution < 1.29 is 0 Å². The molecule has 0 amide bonds. The molecule has 1 aliphatic rings. The Kier molecular flexibility index (Phi) is 1.84. The van der Waals surface area contributed by atoms with E-state index in [-0.39, 0.29) is 6.04 Å². The first-order chi connectivity index (χ1) is 3.93. The number of hydrogen-bond donors (Lipinski definition) is 2. The highest BCUT2D eigenvalue weighted by molar-refractivity contribution is 4.96. The van der Waals surface area contributed by atoms with Gasteiger partial charge in [-0.05, 0) is 0 Å². The third kappa shape index (κ3) is 1.19. The fourth-order valence-electron chi connectivity index (χ4n) is 0.638. The second-order valence-corrected chi connectivity index (χ2v) is 1.70. The molecule has 1 fully saturated rings. The van der Waals surface area contributed by atoms with Crippen LogP contribution in [0, 0.1) is 17.9 Å². The van der Waals surface area contributed by atoms with Crippen molar-refractivity contribution in [3.8, 4) is 6.07 Å². The molecule has 0 aromatic heterocycles. The lowest BCUT2D eigenvalue weighted by Gasteiger charge is -2.17. The molecule has 1 saturated heterocycles. The molecule has 3 heteroatoms. The van der Waals surface area contributed by atoms with E-state index in [1.165, 1.54) is 0 Å². The smallest absolute Gasteiger partial charge is 0.108 e. The normalized spacial score (nSPS) is 29.1. The molecule has 1 radical (unpaired) electrons. The summed E-state index contributed by atoms with van der Waals surface area (Å²) >= 11 is 0. The van der Waals surface area contributed by atoms with E-state index in [1.807, 2.05) is 6.54 Å². The number of nitrogens with zero attached hydrogens (tertiary/aromatic N) is 1. The van der Waals surface area contributed by atoms with Crippen molar-refractivity contribution in [2.75, 3.05) is 13.1 Å². The van der Waals surface area contributed by atoms with E-state index in [4.69, 9.17) is 5.26 Å². The van der Waals surface area contributed by atoms with Gasteiger partial charge in [-0.15, -0.1) is 0 Å². The molecular formula is C5H8N3.